The van der Waals surface area contributed by atoms with E-state index < -0.39 is 29.5 Å². The maximum atomic E-state index is 13.7. The van der Waals surface area contributed by atoms with Crippen molar-refractivity contribution in [1.29, 1.82) is 0 Å². The van der Waals surface area contributed by atoms with E-state index in [1.165, 1.54) is 26.0 Å². The monoisotopic (exact) mass is 323 g/mol. The molecule has 0 spiro atoms. The Morgan fingerprint density at radius 2 is 1.87 bits per heavy atom. The molecular formula is C15H14FNO6. The number of nitrogens with one attached hydrogen (secondary N) is 1. The molecule has 8 heteroatoms. The molecule has 0 amide bonds. The van der Waals surface area contributed by atoms with Gasteiger partial charge < -0.3 is 19.5 Å². The topological polar surface area (TPSA) is 90.9 Å². The zero-order valence-corrected chi connectivity index (χ0v) is 12.6. The van der Waals surface area contributed by atoms with Crippen molar-refractivity contribution >= 4 is 23.6 Å². The van der Waals surface area contributed by atoms with Crippen LogP contribution in [-0.2, 0) is 23.9 Å². The Kier molecular flexibility index (Phi) is 4.35. The van der Waals surface area contributed by atoms with E-state index in [-0.39, 0.29) is 17.0 Å². The maximum absolute atomic E-state index is 13.7. The van der Waals surface area contributed by atoms with Gasteiger partial charge in [-0.25, -0.2) is 14.0 Å². The zero-order chi connectivity index (χ0) is 17.2. The first-order valence-electron chi connectivity index (χ1n) is 6.59. The quantitative estimate of drug-likeness (QED) is 0.393. The van der Waals surface area contributed by atoms with Crippen LogP contribution >= 0.6 is 0 Å². The molecule has 1 aromatic carbocycles. The zero-order valence-electron chi connectivity index (χ0n) is 12.6. The number of halogens is 1. The third-order valence-electron chi connectivity index (χ3n) is 2.69. The van der Waals surface area contributed by atoms with Crippen LogP contribution in [0.15, 0.2) is 30.0 Å². The van der Waals surface area contributed by atoms with Crippen LogP contribution in [0.3, 0.4) is 0 Å². The molecule has 7 nitrogen and oxygen atoms in total. The molecular weight excluding hydrogens is 309 g/mol. The predicted molar refractivity (Wildman–Crippen MR) is 75.7 cm³/mol. The van der Waals surface area contributed by atoms with Gasteiger partial charge in [-0.15, -0.1) is 0 Å². The number of ether oxygens (including phenoxy) is 3. The van der Waals surface area contributed by atoms with Crippen LogP contribution in [0.1, 0.15) is 20.8 Å². The van der Waals surface area contributed by atoms with E-state index in [1.807, 2.05) is 0 Å². The van der Waals surface area contributed by atoms with Crippen molar-refractivity contribution < 1.29 is 33.0 Å². The summed E-state index contributed by atoms with van der Waals surface area (Å²) in [4.78, 5) is 34.2. The van der Waals surface area contributed by atoms with Crippen molar-refractivity contribution in [3.63, 3.8) is 0 Å². The van der Waals surface area contributed by atoms with Crippen molar-refractivity contribution in [3.8, 4) is 5.75 Å². The van der Waals surface area contributed by atoms with Gasteiger partial charge in [-0.05, 0) is 12.1 Å². The van der Waals surface area contributed by atoms with Gasteiger partial charge in [0.05, 0.1) is 0 Å². The summed E-state index contributed by atoms with van der Waals surface area (Å²) in [6, 6.07) is 3.68. The lowest BCUT2D eigenvalue weighted by Gasteiger charge is -2.29. The fourth-order valence-corrected chi connectivity index (χ4v) is 1.76. The Bertz CT molecular complexity index is 688. The van der Waals surface area contributed by atoms with Crippen LogP contribution in [-0.4, -0.2) is 23.7 Å². The molecule has 1 heterocycles. The third kappa shape index (κ3) is 4.06. The number of hydrogen-bond donors (Lipinski definition) is 1. The van der Waals surface area contributed by atoms with Crippen molar-refractivity contribution in [1.82, 2.24) is 0 Å². The minimum Gasteiger partial charge on any atom is -0.424 e. The first-order valence-corrected chi connectivity index (χ1v) is 6.59. The Balaban J connectivity index is 2.14. The van der Waals surface area contributed by atoms with E-state index in [2.05, 4.69) is 10.1 Å². The van der Waals surface area contributed by atoms with Crippen LogP contribution in [0, 0.1) is 5.82 Å². The molecule has 1 N–H and O–H groups in total. The predicted octanol–water partition coefficient (Wildman–Crippen LogP) is 1.88. The molecule has 122 valence electrons. The lowest BCUT2D eigenvalue weighted by molar-refractivity contribution is -0.222. The molecule has 0 saturated carbocycles. The Morgan fingerprint density at radius 1 is 1.26 bits per heavy atom. The molecule has 1 saturated heterocycles. The van der Waals surface area contributed by atoms with E-state index >= 15 is 0 Å². The first-order chi connectivity index (χ1) is 10.7. The van der Waals surface area contributed by atoms with Gasteiger partial charge >= 0.3 is 17.9 Å². The molecule has 1 aliphatic heterocycles. The van der Waals surface area contributed by atoms with Gasteiger partial charge in [-0.1, -0.05) is 0 Å². The van der Waals surface area contributed by atoms with Crippen LogP contribution in [0.5, 0.6) is 5.75 Å². The number of hydrogen-bond acceptors (Lipinski definition) is 7. The van der Waals surface area contributed by atoms with Crippen molar-refractivity contribution in [2.24, 2.45) is 0 Å². The smallest absolute Gasteiger partial charge is 0.350 e. The summed E-state index contributed by atoms with van der Waals surface area (Å²) in [5.41, 5.74) is -0.120. The molecule has 0 bridgehead atoms. The molecule has 1 aliphatic rings. The first kappa shape index (κ1) is 16.5. The molecule has 0 unspecified atom stereocenters. The molecule has 0 aromatic heterocycles. The summed E-state index contributed by atoms with van der Waals surface area (Å²) in [5.74, 6) is -4.69. The van der Waals surface area contributed by atoms with Crippen LogP contribution in [0.25, 0.3) is 0 Å². The van der Waals surface area contributed by atoms with Crippen LogP contribution in [0.4, 0.5) is 10.1 Å². The highest BCUT2D eigenvalue weighted by molar-refractivity contribution is 6.15. The second-order valence-electron chi connectivity index (χ2n) is 5.12. The highest BCUT2D eigenvalue weighted by Gasteiger charge is 2.38. The molecule has 0 radical (unpaired) electrons. The fraction of sp³-hybridized carbons (Fsp3) is 0.267. The minimum atomic E-state index is -1.33. The minimum absolute atomic E-state index is 0.228. The second-order valence-corrected chi connectivity index (χ2v) is 5.12. The van der Waals surface area contributed by atoms with Crippen LogP contribution in [0.2, 0.25) is 0 Å². The van der Waals surface area contributed by atoms with Gasteiger partial charge in [0.15, 0.2) is 17.1 Å². The molecule has 2 rings (SSSR count). The van der Waals surface area contributed by atoms with E-state index in [4.69, 9.17) is 9.47 Å². The lowest BCUT2D eigenvalue weighted by Crippen LogP contribution is -2.42. The summed E-state index contributed by atoms with van der Waals surface area (Å²) in [7, 11) is 0. The number of benzene rings is 1. The Morgan fingerprint density at radius 3 is 2.39 bits per heavy atom. The molecule has 0 atom stereocenters. The van der Waals surface area contributed by atoms with Gasteiger partial charge in [0, 0.05) is 38.7 Å². The van der Waals surface area contributed by atoms with E-state index in [9.17, 15) is 18.8 Å². The highest BCUT2D eigenvalue weighted by atomic mass is 19.1. The van der Waals surface area contributed by atoms with Gasteiger partial charge in [-0.2, -0.15) is 0 Å². The second kappa shape index (κ2) is 6.07. The number of cyclic esters (lactones) is 2. The number of carbonyl (C=O) groups is 3. The summed E-state index contributed by atoms with van der Waals surface area (Å²) in [5, 5.41) is 2.58. The average Bonchev–Trinajstić information content (AvgIpc) is 2.39. The van der Waals surface area contributed by atoms with E-state index in [1.54, 1.807) is 0 Å². The fourth-order valence-electron chi connectivity index (χ4n) is 1.76. The highest BCUT2D eigenvalue weighted by Crippen LogP contribution is 2.24. The largest absolute Gasteiger partial charge is 0.424 e. The summed E-state index contributed by atoms with van der Waals surface area (Å²) in [6.07, 6.45) is 1.06. The molecule has 0 aliphatic carbocycles. The normalized spacial score (nSPS) is 16.3. The molecule has 23 heavy (non-hydrogen) atoms. The van der Waals surface area contributed by atoms with Gasteiger partial charge in [0.1, 0.15) is 0 Å². The number of anilines is 1. The van der Waals surface area contributed by atoms with E-state index in [0.717, 1.165) is 19.2 Å². The van der Waals surface area contributed by atoms with Crippen LogP contribution < -0.4 is 10.1 Å². The third-order valence-corrected chi connectivity index (χ3v) is 2.69. The van der Waals surface area contributed by atoms with Gasteiger partial charge in [0.25, 0.3) is 5.79 Å². The van der Waals surface area contributed by atoms with Gasteiger partial charge in [-0.3, -0.25) is 4.79 Å². The molecule has 1 aromatic rings. The number of rotatable bonds is 3. The van der Waals surface area contributed by atoms with Crippen molar-refractivity contribution in [3.05, 3.63) is 35.8 Å². The lowest BCUT2D eigenvalue weighted by atomic mass is 10.2. The average molecular weight is 323 g/mol. The number of carbonyl (C=O) groups excluding carboxylic acids is 3. The molecule has 1 fully saturated rings. The van der Waals surface area contributed by atoms with Crippen molar-refractivity contribution in [2.45, 2.75) is 26.6 Å². The summed E-state index contributed by atoms with van der Waals surface area (Å²) in [6.45, 7) is 4.00. The Hall–Kier alpha value is -2.90. The maximum Gasteiger partial charge on any atom is 0.350 e. The summed E-state index contributed by atoms with van der Waals surface area (Å²) < 4.78 is 28.2. The summed E-state index contributed by atoms with van der Waals surface area (Å²) >= 11 is 0. The van der Waals surface area contributed by atoms with E-state index in [0.29, 0.717) is 0 Å². The Labute approximate surface area is 131 Å². The number of esters is 3. The SMILES string of the molecule is CC(=O)Oc1ccc(NC=C2C(=O)OC(C)(C)OC2=O)cc1F. The van der Waals surface area contributed by atoms with Gasteiger partial charge in [0.2, 0.25) is 0 Å². The van der Waals surface area contributed by atoms with Crippen molar-refractivity contribution in [2.75, 3.05) is 5.32 Å². The standard InChI is InChI=1S/C15H14FNO6/c1-8(18)21-12-5-4-9(6-11(12)16)17-7-10-13(19)22-15(2,3)23-14(10)20/h4-7,17H,1-3H3.